The van der Waals surface area contributed by atoms with Crippen molar-refractivity contribution in [1.29, 1.82) is 0 Å². The zero-order chi connectivity index (χ0) is 13.9. The van der Waals surface area contributed by atoms with Crippen LogP contribution in [0, 0.1) is 0 Å². The zero-order valence-electron chi connectivity index (χ0n) is 11.5. The van der Waals surface area contributed by atoms with Crippen LogP contribution in [0.25, 0.3) is 0 Å². The number of morpholine rings is 1. The lowest BCUT2D eigenvalue weighted by molar-refractivity contribution is -0.144. The number of ether oxygens (including phenoxy) is 1. The fourth-order valence-corrected chi connectivity index (χ4v) is 2.82. The average molecular weight is 269 g/mol. The topological polar surface area (TPSA) is 84.7 Å². The van der Waals surface area contributed by atoms with E-state index in [-0.39, 0.29) is 17.9 Å². The minimum atomic E-state index is -0.671. The second-order valence-corrected chi connectivity index (χ2v) is 5.54. The molecule has 6 heteroatoms. The summed E-state index contributed by atoms with van der Waals surface area (Å²) in [5, 5.41) is 2.72. The lowest BCUT2D eigenvalue weighted by Gasteiger charge is -2.37. The van der Waals surface area contributed by atoms with Crippen molar-refractivity contribution in [2.75, 3.05) is 26.2 Å². The second-order valence-electron chi connectivity index (χ2n) is 5.54. The highest BCUT2D eigenvalue weighted by molar-refractivity contribution is 5.86. The minimum absolute atomic E-state index is 0.0427. The van der Waals surface area contributed by atoms with Crippen LogP contribution in [0.4, 0.5) is 0 Å². The maximum absolute atomic E-state index is 12.5. The Morgan fingerprint density at radius 1 is 1.42 bits per heavy atom. The molecule has 1 heterocycles. The van der Waals surface area contributed by atoms with Crippen LogP contribution in [0.1, 0.15) is 32.6 Å². The number of rotatable bonds is 3. The van der Waals surface area contributed by atoms with Gasteiger partial charge in [0.1, 0.15) is 0 Å². The molecule has 2 aliphatic rings. The summed E-state index contributed by atoms with van der Waals surface area (Å²) in [4.78, 5) is 25.2. The SMILES string of the molecule is CC(=O)NC[C@H]1CN(C(=O)C2(N)CCCC2)CCO1. The molecule has 0 unspecified atom stereocenters. The lowest BCUT2D eigenvalue weighted by atomic mass is 9.96. The normalized spacial score (nSPS) is 26.2. The van der Waals surface area contributed by atoms with Gasteiger partial charge < -0.3 is 20.7 Å². The van der Waals surface area contributed by atoms with Gasteiger partial charge in [0.05, 0.1) is 18.2 Å². The Morgan fingerprint density at radius 2 is 2.11 bits per heavy atom. The first-order valence-electron chi connectivity index (χ1n) is 6.95. The quantitative estimate of drug-likeness (QED) is 0.731. The van der Waals surface area contributed by atoms with Gasteiger partial charge in [0.25, 0.3) is 0 Å². The molecule has 108 valence electrons. The van der Waals surface area contributed by atoms with Gasteiger partial charge >= 0.3 is 0 Å². The largest absolute Gasteiger partial charge is 0.373 e. The Bertz CT molecular complexity index is 353. The Balaban J connectivity index is 1.89. The molecular weight excluding hydrogens is 246 g/mol. The fraction of sp³-hybridized carbons (Fsp3) is 0.846. The first kappa shape index (κ1) is 14.3. The predicted molar refractivity (Wildman–Crippen MR) is 70.4 cm³/mol. The van der Waals surface area contributed by atoms with Gasteiger partial charge in [-0.1, -0.05) is 12.8 Å². The molecule has 2 rings (SSSR count). The van der Waals surface area contributed by atoms with Crippen LogP contribution in [0.15, 0.2) is 0 Å². The fourth-order valence-electron chi connectivity index (χ4n) is 2.82. The molecule has 3 N–H and O–H groups in total. The Kier molecular flexibility index (Phi) is 4.42. The van der Waals surface area contributed by atoms with Crippen LogP contribution in [0.2, 0.25) is 0 Å². The van der Waals surface area contributed by atoms with Gasteiger partial charge in [-0.25, -0.2) is 0 Å². The highest BCUT2D eigenvalue weighted by Gasteiger charge is 2.41. The summed E-state index contributed by atoms with van der Waals surface area (Å²) in [5.41, 5.74) is 5.53. The molecule has 0 spiro atoms. The van der Waals surface area contributed by atoms with E-state index in [1.807, 2.05) is 0 Å². The molecule has 0 aromatic heterocycles. The first-order chi connectivity index (χ1) is 9.01. The van der Waals surface area contributed by atoms with Crippen molar-refractivity contribution in [2.24, 2.45) is 5.73 Å². The van der Waals surface area contributed by atoms with E-state index >= 15 is 0 Å². The van der Waals surface area contributed by atoms with Crippen molar-refractivity contribution in [1.82, 2.24) is 10.2 Å². The third kappa shape index (κ3) is 3.45. The summed E-state index contributed by atoms with van der Waals surface area (Å²) < 4.78 is 5.55. The molecule has 1 aliphatic heterocycles. The maximum Gasteiger partial charge on any atom is 0.242 e. The Labute approximate surface area is 113 Å². The van der Waals surface area contributed by atoms with Crippen molar-refractivity contribution in [3.05, 3.63) is 0 Å². The van der Waals surface area contributed by atoms with Crippen molar-refractivity contribution in [3.63, 3.8) is 0 Å². The summed E-state index contributed by atoms with van der Waals surface area (Å²) in [6, 6.07) is 0. The van der Waals surface area contributed by atoms with E-state index in [4.69, 9.17) is 10.5 Å². The molecule has 0 aromatic rings. The van der Waals surface area contributed by atoms with E-state index < -0.39 is 5.54 Å². The molecule has 2 amide bonds. The summed E-state index contributed by atoms with van der Waals surface area (Å²) in [6.07, 6.45) is 3.48. The second kappa shape index (κ2) is 5.88. The third-order valence-corrected chi connectivity index (χ3v) is 3.93. The summed E-state index contributed by atoms with van der Waals surface area (Å²) in [5.74, 6) is -0.0423. The van der Waals surface area contributed by atoms with Crippen molar-refractivity contribution < 1.29 is 14.3 Å². The van der Waals surface area contributed by atoms with E-state index in [1.165, 1.54) is 6.92 Å². The number of carbonyl (C=O) groups excluding carboxylic acids is 2. The maximum atomic E-state index is 12.5. The summed E-state index contributed by atoms with van der Waals surface area (Å²) >= 11 is 0. The van der Waals surface area contributed by atoms with E-state index in [9.17, 15) is 9.59 Å². The molecular formula is C13H23N3O3. The molecule has 1 aliphatic carbocycles. The van der Waals surface area contributed by atoms with Crippen molar-refractivity contribution >= 4 is 11.8 Å². The summed E-state index contributed by atoms with van der Waals surface area (Å²) in [6.45, 7) is 3.52. The van der Waals surface area contributed by atoms with Gasteiger partial charge in [0.2, 0.25) is 11.8 Å². The number of hydrogen-bond acceptors (Lipinski definition) is 4. The van der Waals surface area contributed by atoms with Gasteiger partial charge in [-0.3, -0.25) is 9.59 Å². The van der Waals surface area contributed by atoms with Gasteiger partial charge in [-0.15, -0.1) is 0 Å². The number of hydrogen-bond donors (Lipinski definition) is 2. The van der Waals surface area contributed by atoms with E-state index in [0.29, 0.717) is 26.2 Å². The van der Waals surface area contributed by atoms with Crippen molar-refractivity contribution in [2.45, 2.75) is 44.2 Å². The number of carbonyl (C=O) groups is 2. The van der Waals surface area contributed by atoms with Gasteiger partial charge in [-0.2, -0.15) is 0 Å². The zero-order valence-corrected chi connectivity index (χ0v) is 11.5. The third-order valence-electron chi connectivity index (χ3n) is 3.93. The summed E-state index contributed by atoms with van der Waals surface area (Å²) in [7, 11) is 0. The van der Waals surface area contributed by atoms with Crippen LogP contribution >= 0.6 is 0 Å². The van der Waals surface area contributed by atoms with Gasteiger partial charge in [-0.05, 0) is 12.8 Å². The molecule has 6 nitrogen and oxygen atoms in total. The number of nitrogens with zero attached hydrogens (tertiary/aromatic N) is 1. The Hall–Kier alpha value is -1.14. The highest BCUT2D eigenvalue weighted by atomic mass is 16.5. The molecule has 19 heavy (non-hydrogen) atoms. The predicted octanol–water partition coefficient (Wildman–Crippen LogP) is -0.379. The van der Waals surface area contributed by atoms with Gasteiger partial charge in [0, 0.05) is 26.6 Å². The Morgan fingerprint density at radius 3 is 2.74 bits per heavy atom. The van der Waals surface area contributed by atoms with Gasteiger partial charge in [0.15, 0.2) is 0 Å². The first-order valence-corrected chi connectivity index (χ1v) is 6.95. The smallest absolute Gasteiger partial charge is 0.242 e. The van der Waals surface area contributed by atoms with E-state index in [0.717, 1.165) is 25.7 Å². The van der Waals surface area contributed by atoms with Crippen LogP contribution in [0.3, 0.4) is 0 Å². The molecule has 1 saturated heterocycles. The molecule has 1 saturated carbocycles. The van der Waals surface area contributed by atoms with Crippen molar-refractivity contribution in [3.8, 4) is 0 Å². The molecule has 0 aromatic carbocycles. The van der Waals surface area contributed by atoms with E-state index in [1.54, 1.807) is 4.90 Å². The van der Waals surface area contributed by atoms with Crippen LogP contribution in [0.5, 0.6) is 0 Å². The lowest BCUT2D eigenvalue weighted by Crippen LogP contribution is -2.58. The van der Waals surface area contributed by atoms with E-state index in [2.05, 4.69) is 5.32 Å². The highest BCUT2D eigenvalue weighted by Crippen LogP contribution is 2.29. The molecule has 0 bridgehead atoms. The molecule has 0 radical (unpaired) electrons. The number of nitrogens with two attached hydrogens (primary N) is 1. The monoisotopic (exact) mass is 269 g/mol. The van der Waals surface area contributed by atoms with Crippen LogP contribution < -0.4 is 11.1 Å². The minimum Gasteiger partial charge on any atom is -0.373 e. The number of nitrogens with one attached hydrogen (secondary N) is 1. The van der Waals surface area contributed by atoms with Crippen LogP contribution in [-0.4, -0.2) is 54.6 Å². The number of amides is 2. The standard InChI is InChI=1S/C13H23N3O3/c1-10(17)15-8-11-9-16(6-7-19-11)12(18)13(14)4-2-3-5-13/h11H,2-9,14H2,1H3,(H,15,17)/t11-/m0/s1. The van der Waals surface area contributed by atoms with Crippen LogP contribution in [-0.2, 0) is 14.3 Å². The molecule has 1 atom stereocenters. The molecule has 2 fully saturated rings. The average Bonchev–Trinajstić information content (AvgIpc) is 2.84.